The van der Waals surface area contributed by atoms with Gasteiger partial charge in [0.15, 0.2) is 0 Å². The molecule has 0 fully saturated rings. The Morgan fingerprint density at radius 3 is 2.80 bits per heavy atom. The second-order valence-electron chi connectivity index (χ2n) is 3.59. The number of benzene rings is 1. The van der Waals surface area contributed by atoms with E-state index in [2.05, 4.69) is 0 Å². The lowest BCUT2D eigenvalue weighted by atomic mass is 10.2. The average Bonchev–Trinajstić information content (AvgIpc) is 2.22. The predicted molar refractivity (Wildman–Crippen MR) is 62.4 cm³/mol. The van der Waals surface area contributed by atoms with Crippen LogP contribution in [0.4, 0.5) is 10.1 Å². The fraction of sp³-hybridized carbons (Fsp3) is 0.455. The maximum atomic E-state index is 12.9. The van der Waals surface area contributed by atoms with Crippen molar-refractivity contribution in [1.29, 1.82) is 0 Å². The second kappa shape index (κ2) is 5.26. The van der Waals surface area contributed by atoms with Crippen molar-refractivity contribution in [2.24, 2.45) is 0 Å². The zero-order valence-electron chi connectivity index (χ0n) is 9.00. The topological polar surface area (TPSA) is 43.1 Å². The molecule has 0 radical (unpaired) electrons. The van der Waals surface area contributed by atoms with Gasteiger partial charge in [0.25, 0.3) is 0 Å². The summed E-state index contributed by atoms with van der Waals surface area (Å²) in [6.45, 7) is 3.91. The average molecular weight is 229 g/mol. The quantitative estimate of drug-likeness (QED) is 0.806. The molecule has 0 aliphatic carbocycles. The molecule has 0 saturated carbocycles. The molecule has 0 bridgehead atoms. The molecule has 0 aliphatic rings. The molecule has 15 heavy (non-hydrogen) atoms. The third-order valence-corrected chi connectivity index (χ3v) is 4.25. The van der Waals surface area contributed by atoms with Crippen LogP contribution in [-0.2, 0) is 16.6 Å². The summed E-state index contributed by atoms with van der Waals surface area (Å²) in [5.41, 5.74) is 6.82. The molecule has 1 rings (SSSR count). The minimum Gasteiger partial charge on any atom is -0.398 e. The minimum atomic E-state index is -0.981. The van der Waals surface area contributed by atoms with Crippen LogP contribution in [0.25, 0.3) is 0 Å². The van der Waals surface area contributed by atoms with Gasteiger partial charge in [-0.2, -0.15) is 0 Å². The third-order valence-electron chi connectivity index (χ3n) is 2.43. The van der Waals surface area contributed by atoms with Crippen LogP contribution in [0.5, 0.6) is 0 Å². The van der Waals surface area contributed by atoms with Crippen molar-refractivity contribution in [3.05, 3.63) is 29.6 Å². The Bertz CT molecular complexity index is 368. The Hall–Kier alpha value is -0.900. The zero-order chi connectivity index (χ0) is 11.4. The van der Waals surface area contributed by atoms with Crippen LogP contribution in [-0.4, -0.2) is 9.46 Å². The third kappa shape index (κ3) is 3.30. The number of hydrogen-bond acceptors (Lipinski definition) is 2. The number of halogens is 1. The van der Waals surface area contributed by atoms with E-state index in [1.165, 1.54) is 18.2 Å². The van der Waals surface area contributed by atoms with Gasteiger partial charge in [-0.15, -0.1) is 0 Å². The van der Waals surface area contributed by atoms with Crippen molar-refractivity contribution in [3.63, 3.8) is 0 Å². The van der Waals surface area contributed by atoms with Gasteiger partial charge in [-0.1, -0.05) is 13.8 Å². The molecule has 0 heterocycles. The van der Waals surface area contributed by atoms with E-state index in [4.69, 9.17) is 5.73 Å². The second-order valence-corrected chi connectivity index (χ2v) is 5.44. The molecular weight excluding hydrogens is 213 g/mol. The highest BCUT2D eigenvalue weighted by Gasteiger charge is 2.11. The molecule has 0 amide bonds. The van der Waals surface area contributed by atoms with Gasteiger partial charge in [0, 0.05) is 21.7 Å². The van der Waals surface area contributed by atoms with E-state index in [1.54, 1.807) is 0 Å². The van der Waals surface area contributed by atoms with Gasteiger partial charge in [-0.25, -0.2) is 4.39 Å². The molecule has 84 valence electrons. The monoisotopic (exact) mass is 229 g/mol. The fourth-order valence-electron chi connectivity index (χ4n) is 1.18. The first kappa shape index (κ1) is 12.2. The van der Waals surface area contributed by atoms with Crippen LogP contribution in [0.2, 0.25) is 0 Å². The van der Waals surface area contributed by atoms with Gasteiger partial charge in [0.1, 0.15) is 5.82 Å². The summed E-state index contributed by atoms with van der Waals surface area (Å²) in [6, 6.07) is 4.18. The molecule has 0 aliphatic heterocycles. The molecule has 0 spiro atoms. The van der Waals surface area contributed by atoms with E-state index in [9.17, 15) is 8.60 Å². The van der Waals surface area contributed by atoms with Gasteiger partial charge < -0.3 is 5.73 Å². The summed E-state index contributed by atoms with van der Waals surface area (Å²) in [6.07, 6.45) is 0.849. The summed E-state index contributed by atoms with van der Waals surface area (Å²) in [4.78, 5) is 0. The lowest BCUT2D eigenvalue weighted by molar-refractivity contribution is 0.626. The Morgan fingerprint density at radius 2 is 2.20 bits per heavy atom. The normalized spacial score (nSPS) is 14.9. The Labute approximate surface area is 92.1 Å². The van der Waals surface area contributed by atoms with E-state index in [-0.39, 0.29) is 11.1 Å². The minimum absolute atomic E-state index is 0.118. The maximum Gasteiger partial charge on any atom is 0.123 e. The summed E-state index contributed by atoms with van der Waals surface area (Å²) < 4.78 is 24.7. The first-order valence-corrected chi connectivity index (χ1v) is 6.34. The molecule has 2 unspecified atom stereocenters. The van der Waals surface area contributed by atoms with Gasteiger partial charge in [0.05, 0.1) is 5.75 Å². The first-order valence-electron chi connectivity index (χ1n) is 4.95. The first-order chi connectivity index (χ1) is 7.04. The van der Waals surface area contributed by atoms with Crippen LogP contribution in [0.3, 0.4) is 0 Å². The van der Waals surface area contributed by atoms with Gasteiger partial charge in [-0.05, 0) is 30.2 Å². The summed E-state index contributed by atoms with van der Waals surface area (Å²) >= 11 is 0. The highest BCUT2D eigenvalue weighted by Crippen LogP contribution is 2.17. The smallest absolute Gasteiger partial charge is 0.123 e. The van der Waals surface area contributed by atoms with Crippen molar-refractivity contribution >= 4 is 16.5 Å². The molecule has 1 aromatic rings. The number of rotatable bonds is 4. The van der Waals surface area contributed by atoms with Crippen molar-refractivity contribution in [3.8, 4) is 0 Å². The lowest BCUT2D eigenvalue weighted by Crippen LogP contribution is -2.12. The van der Waals surface area contributed by atoms with E-state index < -0.39 is 10.8 Å². The van der Waals surface area contributed by atoms with E-state index >= 15 is 0 Å². The molecule has 4 heteroatoms. The highest BCUT2D eigenvalue weighted by atomic mass is 32.2. The van der Waals surface area contributed by atoms with E-state index in [1.807, 2.05) is 13.8 Å². The van der Waals surface area contributed by atoms with Crippen molar-refractivity contribution < 1.29 is 8.60 Å². The highest BCUT2D eigenvalue weighted by molar-refractivity contribution is 7.84. The van der Waals surface area contributed by atoms with Gasteiger partial charge in [-0.3, -0.25) is 4.21 Å². The van der Waals surface area contributed by atoms with Crippen molar-refractivity contribution in [1.82, 2.24) is 0 Å². The Balaban J connectivity index is 2.80. The van der Waals surface area contributed by atoms with Crippen LogP contribution < -0.4 is 5.73 Å². The molecular formula is C11H16FNOS. The largest absolute Gasteiger partial charge is 0.398 e. The van der Waals surface area contributed by atoms with Crippen LogP contribution >= 0.6 is 0 Å². The summed E-state index contributed by atoms with van der Waals surface area (Å²) in [7, 11) is -0.981. The fourth-order valence-corrected chi connectivity index (χ4v) is 2.39. The van der Waals surface area contributed by atoms with E-state index in [0.717, 1.165) is 6.42 Å². The number of nitrogen functional groups attached to an aromatic ring is 1. The molecule has 2 nitrogen and oxygen atoms in total. The summed E-state index contributed by atoms with van der Waals surface area (Å²) in [5.74, 6) is -0.00106. The van der Waals surface area contributed by atoms with Crippen LogP contribution in [0, 0.1) is 5.82 Å². The molecule has 1 aromatic carbocycles. The standard InChI is InChI=1S/C11H16FNOS/c1-3-8(2)15(14)7-9-6-10(12)4-5-11(9)13/h4-6,8H,3,7,13H2,1-2H3. The zero-order valence-corrected chi connectivity index (χ0v) is 9.81. The van der Waals surface area contributed by atoms with Gasteiger partial charge in [0.2, 0.25) is 0 Å². The van der Waals surface area contributed by atoms with Crippen LogP contribution in [0.15, 0.2) is 18.2 Å². The molecule has 2 atom stereocenters. The van der Waals surface area contributed by atoms with E-state index in [0.29, 0.717) is 17.0 Å². The predicted octanol–water partition coefficient (Wildman–Crippen LogP) is 2.46. The van der Waals surface area contributed by atoms with Gasteiger partial charge >= 0.3 is 0 Å². The Kier molecular flexibility index (Phi) is 4.27. The molecule has 0 aromatic heterocycles. The van der Waals surface area contributed by atoms with Crippen molar-refractivity contribution in [2.75, 3.05) is 5.73 Å². The molecule has 2 N–H and O–H groups in total. The number of hydrogen-bond donors (Lipinski definition) is 1. The molecule has 0 saturated heterocycles. The SMILES string of the molecule is CCC(C)S(=O)Cc1cc(F)ccc1N. The number of nitrogens with two attached hydrogens (primary N) is 1. The van der Waals surface area contributed by atoms with Crippen LogP contribution in [0.1, 0.15) is 25.8 Å². The Morgan fingerprint density at radius 1 is 1.53 bits per heavy atom. The number of anilines is 1. The maximum absolute atomic E-state index is 12.9. The summed E-state index contributed by atoms with van der Waals surface area (Å²) in [5, 5.41) is 0.118. The lowest BCUT2D eigenvalue weighted by Gasteiger charge is -2.10. The van der Waals surface area contributed by atoms with Crippen molar-refractivity contribution in [2.45, 2.75) is 31.3 Å².